The zero-order valence-electron chi connectivity index (χ0n) is 23.8. The summed E-state index contributed by atoms with van der Waals surface area (Å²) in [6.07, 6.45) is 0.0752. The fraction of sp³-hybridized carbons (Fsp3) is 0.467. The predicted molar refractivity (Wildman–Crippen MR) is 156 cm³/mol. The van der Waals surface area contributed by atoms with Gasteiger partial charge in [0.25, 0.3) is 5.91 Å². The lowest BCUT2D eigenvalue weighted by Crippen LogP contribution is -2.53. The zero-order valence-corrected chi connectivity index (χ0v) is 24.5. The molecule has 0 aromatic heterocycles. The van der Waals surface area contributed by atoms with Gasteiger partial charge in [-0.2, -0.15) is 0 Å². The lowest BCUT2D eigenvalue weighted by Gasteiger charge is -2.29. The van der Waals surface area contributed by atoms with Crippen molar-refractivity contribution in [2.75, 3.05) is 32.8 Å². The largest absolute Gasteiger partial charge is 0.491 e. The van der Waals surface area contributed by atoms with E-state index in [9.17, 15) is 19.2 Å². The van der Waals surface area contributed by atoms with E-state index in [1.54, 1.807) is 35.2 Å². The Morgan fingerprint density at radius 1 is 1.12 bits per heavy atom. The van der Waals surface area contributed by atoms with Crippen molar-refractivity contribution in [3.63, 3.8) is 0 Å². The summed E-state index contributed by atoms with van der Waals surface area (Å²) >= 11 is 6.15. The van der Waals surface area contributed by atoms with Crippen molar-refractivity contribution in [3.8, 4) is 5.75 Å². The van der Waals surface area contributed by atoms with Gasteiger partial charge in [-0.25, -0.2) is 0 Å². The highest BCUT2D eigenvalue weighted by Gasteiger charge is 2.30. The number of nitrogens with one attached hydrogen (secondary N) is 3. The van der Waals surface area contributed by atoms with Crippen LogP contribution in [0.25, 0.3) is 0 Å². The molecule has 0 aliphatic carbocycles. The minimum absolute atomic E-state index is 0.134. The molecule has 4 amide bonds. The van der Waals surface area contributed by atoms with Gasteiger partial charge in [0.15, 0.2) is 0 Å². The van der Waals surface area contributed by atoms with Crippen LogP contribution in [0.1, 0.15) is 49.5 Å². The first-order valence-corrected chi connectivity index (χ1v) is 14.3. The fourth-order valence-electron chi connectivity index (χ4n) is 4.43. The number of carbonyl (C=O) groups excluding carboxylic acids is 4. The van der Waals surface area contributed by atoms with Crippen LogP contribution in [-0.4, -0.2) is 73.5 Å². The van der Waals surface area contributed by atoms with E-state index in [-0.39, 0.29) is 50.2 Å². The standard InChI is InChI=1S/C30H39ClN4O6/c1-4-35-14-16-41-26-12-8-6-10-22(26)28(37)34-24(18-27(36)33-25(30(35)39)17-20(2)3)29(38)32-13-15-40-19-21-9-5-7-11-23(21)31/h5-12,20,24-25H,4,13-19H2,1-3H3,(H,32,38)(H,33,36)(H,34,37)/t24-,25+/m0/s1. The first-order chi connectivity index (χ1) is 19.7. The molecule has 3 rings (SSSR count). The Morgan fingerprint density at radius 3 is 2.59 bits per heavy atom. The number of ether oxygens (including phenoxy) is 2. The summed E-state index contributed by atoms with van der Waals surface area (Å²) in [5.41, 5.74) is 1.04. The molecular formula is C30H39ClN4O6. The normalized spacial score (nSPS) is 18.6. The third-order valence-electron chi connectivity index (χ3n) is 6.56. The maximum Gasteiger partial charge on any atom is 0.255 e. The fourth-order valence-corrected chi connectivity index (χ4v) is 4.62. The van der Waals surface area contributed by atoms with Gasteiger partial charge in [-0.3, -0.25) is 19.2 Å². The first kappa shape index (κ1) is 31.9. The predicted octanol–water partition coefficient (Wildman–Crippen LogP) is 2.93. The summed E-state index contributed by atoms with van der Waals surface area (Å²) in [6.45, 7) is 7.28. The Bertz CT molecular complexity index is 1210. The Morgan fingerprint density at radius 2 is 1.85 bits per heavy atom. The molecule has 2 aromatic carbocycles. The molecule has 0 unspecified atom stereocenters. The van der Waals surface area contributed by atoms with E-state index in [1.165, 1.54) is 0 Å². The van der Waals surface area contributed by atoms with Gasteiger partial charge in [-0.05, 0) is 43.0 Å². The van der Waals surface area contributed by atoms with E-state index in [0.29, 0.717) is 30.3 Å². The highest BCUT2D eigenvalue weighted by Crippen LogP contribution is 2.19. The quantitative estimate of drug-likeness (QED) is 0.388. The molecule has 0 radical (unpaired) electrons. The van der Waals surface area contributed by atoms with Gasteiger partial charge in [-0.1, -0.05) is 55.8 Å². The van der Waals surface area contributed by atoms with Crippen LogP contribution in [0, 0.1) is 5.92 Å². The van der Waals surface area contributed by atoms with Crippen LogP contribution >= 0.6 is 11.6 Å². The average Bonchev–Trinajstić information content (AvgIpc) is 2.94. The van der Waals surface area contributed by atoms with Gasteiger partial charge in [-0.15, -0.1) is 0 Å². The second-order valence-corrected chi connectivity index (χ2v) is 10.6. The number of likely N-dealkylation sites (N-methyl/N-ethyl adjacent to an activating group) is 1. The summed E-state index contributed by atoms with van der Waals surface area (Å²) in [6, 6.07) is 12.0. The third-order valence-corrected chi connectivity index (χ3v) is 6.93. The molecule has 41 heavy (non-hydrogen) atoms. The van der Waals surface area contributed by atoms with Crippen LogP contribution in [-0.2, 0) is 25.7 Å². The maximum atomic E-state index is 13.4. The van der Waals surface area contributed by atoms with Crippen LogP contribution in [0.3, 0.4) is 0 Å². The SMILES string of the molecule is CCN1CCOc2ccccc2C(=O)N[C@H](C(=O)NCCOCc2ccccc2Cl)CC(=O)N[C@H](CC(C)C)C1=O. The average molecular weight is 587 g/mol. The highest BCUT2D eigenvalue weighted by molar-refractivity contribution is 6.31. The van der Waals surface area contributed by atoms with Crippen molar-refractivity contribution < 1.29 is 28.7 Å². The van der Waals surface area contributed by atoms with Crippen LogP contribution in [0.4, 0.5) is 0 Å². The second kappa shape index (κ2) is 16.0. The summed E-state index contributed by atoms with van der Waals surface area (Å²) in [5.74, 6) is -1.39. The van der Waals surface area contributed by atoms with Crippen LogP contribution in [0.2, 0.25) is 5.02 Å². The molecule has 2 aromatic rings. The molecule has 0 bridgehead atoms. The smallest absolute Gasteiger partial charge is 0.255 e. The van der Waals surface area contributed by atoms with Crippen molar-refractivity contribution in [3.05, 3.63) is 64.7 Å². The van der Waals surface area contributed by atoms with E-state index in [0.717, 1.165) is 5.56 Å². The summed E-state index contributed by atoms with van der Waals surface area (Å²) in [4.78, 5) is 54.5. The van der Waals surface area contributed by atoms with Crippen molar-refractivity contribution >= 4 is 35.2 Å². The number of halogens is 1. The number of rotatable bonds is 9. The molecule has 222 valence electrons. The minimum Gasteiger partial charge on any atom is -0.491 e. The Hall–Kier alpha value is -3.63. The minimum atomic E-state index is -1.20. The number of benzene rings is 2. The maximum absolute atomic E-state index is 13.4. The van der Waals surface area contributed by atoms with E-state index in [1.807, 2.05) is 39.0 Å². The molecule has 10 nitrogen and oxygen atoms in total. The first-order valence-electron chi connectivity index (χ1n) is 13.9. The Labute approximate surface area is 246 Å². The van der Waals surface area contributed by atoms with Gasteiger partial charge >= 0.3 is 0 Å². The van der Waals surface area contributed by atoms with Gasteiger partial charge in [0.2, 0.25) is 17.7 Å². The molecular weight excluding hydrogens is 548 g/mol. The second-order valence-electron chi connectivity index (χ2n) is 10.2. The number of amides is 4. The molecule has 1 heterocycles. The van der Waals surface area contributed by atoms with Crippen LogP contribution in [0.5, 0.6) is 5.75 Å². The zero-order chi connectivity index (χ0) is 29.8. The molecule has 0 saturated heterocycles. The number of fused-ring (bicyclic) bond motifs is 1. The van der Waals surface area contributed by atoms with E-state index in [4.69, 9.17) is 21.1 Å². The van der Waals surface area contributed by atoms with E-state index < -0.39 is 29.8 Å². The molecule has 2 atom stereocenters. The Balaban J connectivity index is 1.75. The number of carbonyl (C=O) groups is 4. The lowest BCUT2D eigenvalue weighted by atomic mass is 10.0. The lowest BCUT2D eigenvalue weighted by molar-refractivity contribution is -0.137. The summed E-state index contributed by atoms with van der Waals surface area (Å²) < 4.78 is 11.5. The number of nitrogens with zero attached hydrogens (tertiary/aromatic N) is 1. The van der Waals surface area contributed by atoms with E-state index in [2.05, 4.69) is 16.0 Å². The molecule has 11 heteroatoms. The molecule has 0 fully saturated rings. The Kier molecular flexibility index (Phi) is 12.4. The van der Waals surface area contributed by atoms with Crippen molar-refractivity contribution in [1.82, 2.24) is 20.9 Å². The third kappa shape index (κ3) is 9.75. The molecule has 3 N–H and O–H groups in total. The van der Waals surface area contributed by atoms with Gasteiger partial charge in [0.05, 0.1) is 31.7 Å². The van der Waals surface area contributed by atoms with Crippen molar-refractivity contribution in [2.45, 2.75) is 52.3 Å². The highest BCUT2D eigenvalue weighted by atomic mass is 35.5. The number of hydrogen-bond donors (Lipinski definition) is 3. The topological polar surface area (TPSA) is 126 Å². The van der Waals surface area contributed by atoms with Crippen LogP contribution in [0.15, 0.2) is 48.5 Å². The van der Waals surface area contributed by atoms with Gasteiger partial charge in [0.1, 0.15) is 24.4 Å². The van der Waals surface area contributed by atoms with Crippen LogP contribution < -0.4 is 20.7 Å². The molecule has 1 aliphatic heterocycles. The summed E-state index contributed by atoms with van der Waals surface area (Å²) in [7, 11) is 0. The molecule has 1 aliphatic rings. The monoisotopic (exact) mass is 586 g/mol. The molecule has 0 spiro atoms. The van der Waals surface area contributed by atoms with Crippen molar-refractivity contribution in [1.29, 1.82) is 0 Å². The van der Waals surface area contributed by atoms with Gasteiger partial charge in [0, 0.05) is 18.1 Å². The van der Waals surface area contributed by atoms with Crippen molar-refractivity contribution in [2.24, 2.45) is 5.92 Å². The number of para-hydroxylation sites is 1. The van der Waals surface area contributed by atoms with E-state index >= 15 is 0 Å². The summed E-state index contributed by atoms with van der Waals surface area (Å²) in [5, 5.41) is 8.78. The van der Waals surface area contributed by atoms with Gasteiger partial charge < -0.3 is 30.3 Å². The number of hydrogen-bond acceptors (Lipinski definition) is 6. The molecule has 0 saturated carbocycles.